The van der Waals surface area contributed by atoms with Gasteiger partial charge in [0, 0.05) is 11.2 Å². The van der Waals surface area contributed by atoms with E-state index in [9.17, 15) is 4.21 Å². The molecule has 1 unspecified atom stereocenters. The van der Waals surface area contributed by atoms with E-state index in [1.54, 1.807) is 18.2 Å². The molecule has 0 aromatic heterocycles. The topological polar surface area (TPSA) is 37.3 Å². The zero-order chi connectivity index (χ0) is 9.61. The van der Waals surface area contributed by atoms with Crippen LogP contribution in [0, 0.1) is 0 Å². The Balaban J connectivity index is 0.000000561. The molecule has 1 aromatic carbocycles. The Bertz CT molecular complexity index is 307. The molecule has 0 saturated heterocycles. The molecule has 5 heteroatoms. The van der Waals surface area contributed by atoms with Gasteiger partial charge >= 0.3 is 32.1 Å². The Kier molecular flexibility index (Phi) is 6.35. The summed E-state index contributed by atoms with van der Waals surface area (Å²) in [5.74, 6) is 0. The Morgan fingerprint density at radius 2 is 1.75 bits per heavy atom. The molecule has 2 nitrogen and oxygen atoms in total. The zero-order valence-electron chi connectivity index (χ0n) is 7.06. The second-order valence-electron chi connectivity index (χ2n) is 1.79. The Morgan fingerprint density at radius 3 is 2.00 bits per heavy atom. The molecule has 0 saturated carbocycles. The first-order chi connectivity index (χ1) is 5.61. The molecule has 62 valence electrons. The van der Waals surface area contributed by atoms with Gasteiger partial charge in [-0.3, -0.25) is 0 Å². The van der Waals surface area contributed by atoms with Crippen LogP contribution in [-0.2, 0) is 20.0 Å². The summed E-state index contributed by atoms with van der Waals surface area (Å²) in [5, 5.41) is 0. The van der Waals surface area contributed by atoms with Gasteiger partial charge in [0.1, 0.15) is 0 Å². The molecular weight excluding hydrogens is 203 g/mol. The standard InChI is InChI=1S/C6H6O2S2.CH3.Na/c7-10(8,9)6-4-2-1-3-5-6;;/h1-5H,(H,7,8,9);1H3;. The van der Waals surface area contributed by atoms with Gasteiger partial charge in [0.2, 0.25) is 0 Å². The summed E-state index contributed by atoms with van der Waals surface area (Å²) in [6, 6.07) is 8.20. The van der Waals surface area contributed by atoms with Gasteiger partial charge in [0.05, 0.1) is 4.90 Å². The molecule has 0 aliphatic carbocycles. The van der Waals surface area contributed by atoms with Gasteiger partial charge in [0.25, 0.3) is 0 Å². The molecule has 0 amide bonds. The van der Waals surface area contributed by atoms with E-state index in [0.29, 0.717) is 4.90 Å². The average molecular weight is 212 g/mol. The molecule has 0 spiro atoms. The fraction of sp³-hybridized carbons (Fsp3) is 0.143. The van der Waals surface area contributed by atoms with Gasteiger partial charge in [-0.15, -0.1) is 0 Å². The van der Waals surface area contributed by atoms with Crippen LogP contribution in [0.25, 0.3) is 0 Å². The van der Waals surface area contributed by atoms with Crippen molar-refractivity contribution < 1.29 is 8.76 Å². The van der Waals surface area contributed by atoms with Gasteiger partial charge in [-0.25, -0.2) is 4.21 Å². The van der Waals surface area contributed by atoms with Crippen molar-refractivity contribution >= 4 is 47.9 Å². The summed E-state index contributed by atoms with van der Waals surface area (Å²) in [6.07, 6.45) is 0. The second-order valence-corrected chi connectivity index (χ2v) is 4.57. The molecule has 1 atom stereocenters. The predicted molar refractivity (Wildman–Crippen MR) is 54.5 cm³/mol. The van der Waals surface area contributed by atoms with Crippen molar-refractivity contribution in [3.05, 3.63) is 30.3 Å². The van der Waals surface area contributed by atoms with Crippen molar-refractivity contribution in [1.29, 1.82) is 0 Å². The van der Waals surface area contributed by atoms with E-state index in [1.807, 2.05) is 0 Å². The Labute approximate surface area is 95.3 Å². The SMILES string of the molecule is O=S(O)(=S)c1ccccc1.[CH3][Na]. The predicted octanol–water partition coefficient (Wildman–Crippen LogP) is 1.47. The van der Waals surface area contributed by atoms with E-state index >= 15 is 0 Å². The summed E-state index contributed by atoms with van der Waals surface area (Å²) in [5.41, 5.74) is 0. The van der Waals surface area contributed by atoms with Crippen molar-refractivity contribution in [1.82, 2.24) is 0 Å². The van der Waals surface area contributed by atoms with Gasteiger partial charge in [-0.05, 0) is 12.1 Å². The molecule has 0 heterocycles. The average Bonchev–Trinajstić information content (AvgIpc) is 2.08. The van der Waals surface area contributed by atoms with Crippen LogP contribution in [-0.4, -0.2) is 36.7 Å². The number of hydrogen-bond donors (Lipinski definition) is 1. The van der Waals surface area contributed by atoms with Gasteiger partial charge in [0.15, 0.2) is 8.77 Å². The molecule has 1 rings (SSSR count). The van der Waals surface area contributed by atoms with E-state index < -0.39 is 8.77 Å². The summed E-state index contributed by atoms with van der Waals surface area (Å²) < 4.78 is 21.7. The summed E-state index contributed by atoms with van der Waals surface area (Å²) in [7, 11) is -3.17. The van der Waals surface area contributed by atoms with Crippen LogP contribution in [0.5, 0.6) is 0 Å². The van der Waals surface area contributed by atoms with Crippen LogP contribution in [0.4, 0.5) is 0 Å². The monoisotopic (exact) mass is 212 g/mol. The minimum absolute atomic E-state index is 0.296. The van der Waals surface area contributed by atoms with E-state index in [-0.39, 0.29) is 0 Å². The van der Waals surface area contributed by atoms with Crippen LogP contribution in [0.3, 0.4) is 0 Å². The molecule has 1 aromatic rings. The van der Waals surface area contributed by atoms with Gasteiger partial charge in [-0.2, -0.15) is 0 Å². The van der Waals surface area contributed by atoms with Gasteiger partial charge < -0.3 is 4.55 Å². The third kappa shape index (κ3) is 4.54. The van der Waals surface area contributed by atoms with Crippen molar-refractivity contribution in [3.63, 3.8) is 0 Å². The van der Waals surface area contributed by atoms with Gasteiger partial charge in [-0.1, -0.05) is 18.2 Å². The third-order valence-corrected chi connectivity index (χ3v) is 2.49. The van der Waals surface area contributed by atoms with E-state index in [1.165, 1.54) is 40.1 Å². The molecule has 0 aliphatic heterocycles. The minimum atomic E-state index is -3.17. The normalized spacial score (nSPS) is 14.0. The first kappa shape index (κ1) is 12.6. The zero-order valence-corrected chi connectivity index (χ0v) is 10.7. The molecule has 1 N–H and O–H groups in total. The molecule has 12 heavy (non-hydrogen) atoms. The fourth-order valence-electron chi connectivity index (χ4n) is 0.592. The summed E-state index contributed by atoms with van der Waals surface area (Å²) in [6.45, 7) is 0. The molecular formula is C7H9NaO2S2. The van der Waals surface area contributed by atoms with Crippen molar-refractivity contribution in [2.24, 2.45) is 0 Å². The Hall–Kier alpha value is 0.550. The van der Waals surface area contributed by atoms with E-state index in [2.05, 4.69) is 15.4 Å². The third-order valence-electron chi connectivity index (χ3n) is 1.04. The summed E-state index contributed by atoms with van der Waals surface area (Å²) in [4.78, 5) is 0.296. The molecule has 0 aliphatic rings. The molecule has 0 fully saturated rings. The van der Waals surface area contributed by atoms with Crippen LogP contribution < -0.4 is 0 Å². The second kappa shape index (κ2) is 6.07. The van der Waals surface area contributed by atoms with Crippen LogP contribution in [0.2, 0.25) is 4.17 Å². The van der Waals surface area contributed by atoms with Crippen molar-refractivity contribution in [2.75, 3.05) is 0 Å². The van der Waals surface area contributed by atoms with E-state index in [4.69, 9.17) is 4.55 Å². The van der Waals surface area contributed by atoms with Crippen molar-refractivity contribution in [3.8, 4) is 0 Å². The molecule has 0 bridgehead atoms. The molecule has 0 radical (unpaired) electrons. The van der Waals surface area contributed by atoms with E-state index in [0.717, 1.165) is 0 Å². The van der Waals surface area contributed by atoms with Crippen LogP contribution in [0.1, 0.15) is 0 Å². The first-order valence-electron chi connectivity index (χ1n) is 3.63. The fourth-order valence-corrected chi connectivity index (χ4v) is 1.43. The number of benzene rings is 1. The Morgan fingerprint density at radius 1 is 1.33 bits per heavy atom. The maximum atomic E-state index is 10.8. The number of hydrogen-bond acceptors (Lipinski definition) is 2. The quantitative estimate of drug-likeness (QED) is 0.716. The van der Waals surface area contributed by atoms with Crippen LogP contribution in [0.15, 0.2) is 35.2 Å². The number of rotatable bonds is 1. The summed E-state index contributed by atoms with van der Waals surface area (Å²) >= 11 is 5.64. The van der Waals surface area contributed by atoms with Crippen LogP contribution >= 0.6 is 0 Å². The maximum absolute atomic E-state index is 10.8. The van der Waals surface area contributed by atoms with Crippen molar-refractivity contribution in [2.45, 2.75) is 9.07 Å². The first-order valence-corrected chi connectivity index (χ1v) is 8.07.